The van der Waals surface area contributed by atoms with E-state index in [1.807, 2.05) is 30.6 Å². The molecule has 0 amide bonds. The van der Waals surface area contributed by atoms with Gasteiger partial charge in [-0.2, -0.15) is 0 Å². The molecule has 18 heavy (non-hydrogen) atoms. The minimum atomic E-state index is 0.680. The third-order valence-corrected chi connectivity index (χ3v) is 2.92. The third kappa shape index (κ3) is 2.86. The molecule has 2 rings (SSSR count). The molecule has 0 spiro atoms. The van der Waals surface area contributed by atoms with Crippen LogP contribution in [0.5, 0.6) is 5.88 Å². The van der Waals surface area contributed by atoms with Crippen LogP contribution in [0.1, 0.15) is 25.5 Å². The SMILES string of the molecule is CCCCc1nc(OC)ccc1-c1ccncc1. The largest absolute Gasteiger partial charge is 0.481 e. The lowest BCUT2D eigenvalue weighted by atomic mass is 10.0. The monoisotopic (exact) mass is 242 g/mol. The molecule has 0 saturated carbocycles. The van der Waals surface area contributed by atoms with Crippen LogP contribution in [0.3, 0.4) is 0 Å². The summed E-state index contributed by atoms with van der Waals surface area (Å²) < 4.78 is 5.20. The van der Waals surface area contributed by atoms with E-state index >= 15 is 0 Å². The van der Waals surface area contributed by atoms with Gasteiger partial charge in [0.2, 0.25) is 5.88 Å². The Balaban J connectivity index is 2.39. The Labute approximate surface area is 108 Å². The lowest BCUT2D eigenvalue weighted by Crippen LogP contribution is -1.97. The second-order valence-corrected chi connectivity index (χ2v) is 4.19. The fourth-order valence-corrected chi connectivity index (χ4v) is 1.92. The molecule has 2 aromatic rings. The topological polar surface area (TPSA) is 35.0 Å². The Morgan fingerprint density at radius 1 is 1.11 bits per heavy atom. The first-order valence-electron chi connectivity index (χ1n) is 6.29. The Morgan fingerprint density at radius 3 is 2.56 bits per heavy atom. The van der Waals surface area contributed by atoms with Crippen molar-refractivity contribution in [3.8, 4) is 17.0 Å². The first-order chi connectivity index (χ1) is 8.85. The smallest absolute Gasteiger partial charge is 0.213 e. The Morgan fingerprint density at radius 2 is 1.89 bits per heavy atom. The number of rotatable bonds is 5. The summed E-state index contributed by atoms with van der Waals surface area (Å²) >= 11 is 0. The number of aromatic nitrogens is 2. The van der Waals surface area contributed by atoms with Crippen LogP contribution in [-0.2, 0) is 6.42 Å². The molecule has 0 aliphatic heterocycles. The van der Waals surface area contributed by atoms with Crippen LogP contribution in [0.15, 0.2) is 36.7 Å². The molecule has 0 saturated heterocycles. The minimum Gasteiger partial charge on any atom is -0.481 e. The molecular formula is C15H18N2O. The van der Waals surface area contributed by atoms with Gasteiger partial charge in [0.1, 0.15) is 0 Å². The summed E-state index contributed by atoms with van der Waals surface area (Å²) in [5.41, 5.74) is 3.43. The number of hydrogen-bond acceptors (Lipinski definition) is 3. The predicted molar refractivity (Wildman–Crippen MR) is 72.6 cm³/mol. The van der Waals surface area contributed by atoms with Gasteiger partial charge in [0.05, 0.1) is 12.8 Å². The van der Waals surface area contributed by atoms with Gasteiger partial charge >= 0.3 is 0 Å². The van der Waals surface area contributed by atoms with E-state index < -0.39 is 0 Å². The van der Waals surface area contributed by atoms with Crippen LogP contribution in [0.2, 0.25) is 0 Å². The van der Waals surface area contributed by atoms with Gasteiger partial charge in [-0.05, 0) is 36.6 Å². The molecule has 0 atom stereocenters. The highest BCUT2D eigenvalue weighted by Gasteiger charge is 2.08. The molecule has 3 nitrogen and oxygen atoms in total. The highest BCUT2D eigenvalue weighted by molar-refractivity contribution is 5.65. The van der Waals surface area contributed by atoms with Crippen molar-refractivity contribution in [2.75, 3.05) is 7.11 Å². The molecule has 0 unspecified atom stereocenters. The molecule has 2 aromatic heterocycles. The van der Waals surface area contributed by atoms with Gasteiger partial charge in [-0.1, -0.05) is 13.3 Å². The van der Waals surface area contributed by atoms with E-state index in [4.69, 9.17) is 4.74 Å². The second-order valence-electron chi connectivity index (χ2n) is 4.19. The number of unbranched alkanes of at least 4 members (excludes halogenated alkanes) is 1. The van der Waals surface area contributed by atoms with Crippen LogP contribution in [0, 0.1) is 0 Å². The molecule has 94 valence electrons. The van der Waals surface area contributed by atoms with E-state index in [-0.39, 0.29) is 0 Å². The summed E-state index contributed by atoms with van der Waals surface area (Å²) in [5, 5.41) is 0. The third-order valence-electron chi connectivity index (χ3n) is 2.92. The molecule has 0 bridgehead atoms. The first-order valence-corrected chi connectivity index (χ1v) is 6.29. The van der Waals surface area contributed by atoms with E-state index in [2.05, 4.69) is 23.0 Å². The fourth-order valence-electron chi connectivity index (χ4n) is 1.92. The second kappa shape index (κ2) is 6.15. The molecule has 0 fully saturated rings. The standard InChI is InChI=1S/C15H18N2O/c1-3-4-5-14-13(6-7-15(17-14)18-2)12-8-10-16-11-9-12/h6-11H,3-5H2,1-2H3. The van der Waals surface area contributed by atoms with Crippen molar-refractivity contribution < 1.29 is 4.74 Å². The molecule has 0 aromatic carbocycles. The Kier molecular flexibility index (Phi) is 4.29. The Hall–Kier alpha value is -1.90. The van der Waals surface area contributed by atoms with Gasteiger partial charge < -0.3 is 4.74 Å². The molecule has 0 aliphatic carbocycles. The quantitative estimate of drug-likeness (QED) is 0.805. The van der Waals surface area contributed by atoms with Gasteiger partial charge in [-0.15, -0.1) is 0 Å². The highest BCUT2D eigenvalue weighted by atomic mass is 16.5. The molecule has 0 radical (unpaired) electrons. The van der Waals surface area contributed by atoms with Crippen LogP contribution < -0.4 is 4.74 Å². The molecule has 2 heterocycles. The first kappa shape index (κ1) is 12.6. The highest BCUT2D eigenvalue weighted by Crippen LogP contribution is 2.25. The molecule has 0 aliphatic rings. The van der Waals surface area contributed by atoms with Crippen molar-refractivity contribution in [3.63, 3.8) is 0 Å². The van der Waals surface area contributed by atoms with Crippen molar-refractivity contribution in [2.45, 2.75) is 26.2 Å². The van der Waals surface area contributed by atoms with Crippen molar-refractivity contribution in [3.05, 3.63) is 42.4 Å². The zero-order chi connectivity index (χ0) is 12.8. The van der Waals surface area contributed by atoms with E-state index in [1.165, 1.54) is 5.56 Å². The summed E-state index contributed by atoms with van der Waals surface area (Å²) in [6, 6.07) is 8.01. The maximum absolute atomic E-state index is 5.20. The lowest BCUT2D eigenvalue weighted by molar-refractivity contribution is 0.396. The van der Waals surface area contributed by atoms with E-state index in [0.29, 0.717) is 5.88 Å². The van der Waals surface area contributed by atoms with Crippen LogP contribution in [-0.4, -0.2) is 17.1 Å². The normalized spacial score (nSPS) is 10.3. The number of nitrogens with zero attached hydrogens (tertiary/aromatic N) is 2. The Bertz CT molecular complexity index is 497. The maximum atomic E-state index is 5.20. The number of methoxy groups -OCH3 is 1. The van der Waals surface area contributed by atoms with Crippen LogP contribution in [0.4, 0.5) is 0 Å². The summed E-state index contributed by atoms with van der Waals surface area (Å²) in [6.45, 7) is 2.19. The van der Waals surface area contributed by atoms with Gasteiger partial charge in [0, 0.05) is 24.0 Å². The van der Waals surface area contributed by atoms with E-state index in [9.17, 15) is 0 Å². The van der Waals surface area contributed by atoms with Crippen molar-refractivity contribution >= 4 is 0 Å². The van der Waals surface area contributed by atoms with Gasteiger partial charge in [0.15, 0.2) is 0 Å². The number of aryl methyl sites for hydroxylation is 1. The molecule has 3 heteroatoms. The van der Waals surface area contributed by atoms with E-state index in [1.54, 1.807) is 7.11 Å². The van der Waals surface area contributed by atoms with Crippen molar-refractivity contribution in [1.29, 1.82) is 0 Å². The fraction of sp³-hybridized carbons (Fsp3) is 0.333. The van der Waals surface area contributed by atoms with Gasteiger partial charge in [0.25, 0.3) is 0 Å². The summed E-state index contributed by atoms with van der Waals surface area (Å²) in [7, 11) is 1.65. The average Bonchev–Trinajstić information content (AvgIpc) is 2.45. The predicted octanol–water partition coefficient (Wildman–Crippen LogP) is 3.49. The van der Waals surface area contributed by atoms with Crippen molar-refractivity contribution in [1.82, 2.24) is 9.97 Å². The number of hydrogen-bond donors (Lipinski definition) is 0. The minimum absolute atomic E-state index is 0.680. The summed E-state index contributed by atoms with van der Waals surface area (Å²) in [4.78, 5) is 8.61. The lowest BCUT2D eigenvalue weighted by Gasteiger charge is -2.10. The molecular weight excluding hydrogens is 224 g/mol. The number of ether oxygens (including phenoxy) is 1. The van der Waals surface area contributed by atoms with Crippen LogP contribution in [0.25, 0.3) is 11.1 Å². The summed E-state index contributed by atoms with van der Waals surface area (Å²) in [6.07, 6.45) is 6.89. The van der Waals surface area contributed by atoms with Gasteiger partial charge in [-0.3, -0.25) is 4.98 Å². The summed E-state index contributed by atoms with van der Waals surface area (Å²) in [5.74, 6) is 0.680. The van der Waals surface area contributed by atoms with Crippen LogP contribution >= 0.6 is 0 Å². The molecule has 0 N–H and O–H groups in total. The zero-order valence-corrected chi connectivity index (χ0v) is 10.9. The maximum Gasteiger partial charge on any atom is 0.213 e. The zero-order valence-electron chi connectivity index (χ0n) is 10.9. The van der Waals surface area contributed by atoms with E-state index in [0.717, 1.165) is 30.5 Å². The average molecular weight is 242 g/mol. The number of pyridine rings is 2. The van der Waals surface area contributed by atoms with Gasteiger partial charge in [-0.25, -0.2) is 4.98 Å². The van der Waals surface area contributed by atoms with Crippen molar-refractivity contribution in [2.24, 2.45) is 0 Å².